The fraction of sp³-hybridized carbons (Fsp3) is 0.684. The third-order valence-electron chi connectivity index (χ3n) is 4.52. The van der Waals surface area contributed by atoms with Crippen LogP contribution in [-0.4, -0.2) is 57.8 Å². The van der Waals surface area contributed by atoms with Gasteiger partial charge in [0, 0.05) is 6.04 Å². The number of hydrogen-bond acceptors (Lipinski definition) is 4. The Labute approximate surface area is 142 Å². The lowest BCUT2D eigenvalue weighted by molar-refractivity contribution is 0.315. The molecule has 1 fully saturated rings. The summed E-state index contributed by atoms with van der Waals surface area (Å²) in [5, 5.41) is 10.9. The number of hydrogen-bond donors (Lipinski definition) is 3. The summed E-state index contributed by atoms with van der Waals surface area (Å²) in [5.74, 6) is 0. The maximum absolute atomic E-state index is 3.76. The zero-order valence-electron chi connectivity index (χ0n) is 14.7. The Bertz CT molecular complexity index is 396. The van der Waals surface area contributed by atoms with Gasteiger partial charge in [0.2, 0.25) is 0 Å². The van der Waals surface area contributed by atoms with E-state index in [1.54, 1.807) is 0 Å². The highest BCUT2D eigenvalue weighted by Gasteiger charge is 2.10. The van der Waals surface area contributed by atoms with Crippen molar-refractivity contribution in [1.29, 1.82) is 0 Å². The predicted octanol–water partition coefficient (Wildman–Crippen LogP) is 2.00. The Kier molecular flexibility index (Phi) is 9.26. The molecular formula is C19H34N4. The van der Waals surface area contributed by atoms with Crippen molar-refractivity contribution >= 4 is 0 Å². The average molecular weight is 319 g/mol. The summed E-state index contributed by atoms with van der Waals surface area (Å²) in [6.07, 6.45) is 4.80. The van der Waals surface area contributed by atoms with Crippen molar-refractivity contribution in [1.82, 2.24) is 20.9 Å². The summed E-state index contributed by atoms with van der Waals surface area (Å²) in [5.41, 5.74) is 1.41. The SMILES string of the molecule is CN1CCCNCCCNCCC(c2ccccc2)NCCC1. The maximum atomic E-state index is 3.76. The number of nitrogens with zero attached hydrogens (tertiary/aromatic N) is 1. The summed E-state index contributed by atoms with van der Waals surface area (Å²) < 4.78 is 0. The first kappa shape index (κ1) is 18.4. The van der Waals surface area contributed by atoms with Crippen molar-refractivity contribution in [2.45, 2.75) is 31.7 Å². The summed E-state index contributed by atoms with van der Waals surface area (Å²) in [4.78, 5) is 2.45. The Morgan fingerprint density at radius 3 is 2.26 bits per heavy atom. The first-order valence-corrected chi connectivity index (χ1v) is 9.24. The van der Waals surface area contributed by atoms with E-state index in [2.05, 4.69) is 58.2 Å². The lowest BCUT2D eigenvalue weighted by atomic mass is 10.0. The lowest BCUT2D eigenvalue weighted by Crippen LogP contribution is -2.31. The maximum Gasteiger partial charge on any atom is 0.0332 e. The Hall–Kier alpha value is -0.940. The second-order valence-electron chi connectivity index (χ2n) is 6.57. The quantitative estimate of drug-likeness (QED) is 0.741. The second-order valence-corrected chi connectivity index (χ2v) is 6.57. The predicted molar refractivity (Wildman–Crippen MR) is 98.9 cm³/mol. The molecule has 4 nitrogen and oxygen atoms in total. The summed E-state index contributed by atoms with van der Waals surface area (Å²) in [6.45, 7) is 7.89. The molecule has 0 radical (unpaired) electrons. The molecule has 1 aromatic carbocycles. The van der Waals surface area contributed by atoms with Gasteiger partial charge in [-0.05, 0) is 84.1 Å². The fourth-order valence-electron chi connectivity index (χ4n) is 3.12. The monoisotopic (exact) mass is 318 g/mol. The molecule has 23 heavy (non-hydrogen) atoms. The van der Waals surface area contributed by atoms with Crippen molar-refractivity contribution in [3.63, 3.8) is 0 Å². The van der Waals surface area contributed by atoms with Crippen molar-refractivity contribution in [2.75, 3.05) is 52.9 Å². The second kappa shape index (κ2) is 11.6. The van der Waals surface area contributed by atoms with Gasteiger partial charge in [-0.1, -0.05) is 30.3 Å². The lowest BCUT2D eigenvalue weighted by Gasteiger charge is -2.22. The molecule has 0 bridgehead atoms. The van der Waals surface area contributed by atoms with Gasteiger partial charge in [0.15, 0.2) is 0 Å². The van der Waals surface area contributed by atoms with E-state index in [-0.39, 0.29) is 0 Å². The minimum Gasteiger partial charge on any atom is -0.317 e. The van der Waals surface area contributed by atoms with Crippen LogP contribution >= 0.6 is 0 Å². The highest BCUT2D eigenvalue weighted by molar-refractivity contribution is 5.18. The molecule has 3 N–H and O–H groups in total. The molecule has 1 atom stereocenters. The van der Waals surface area contributed by atoms with Crippen LogP contribution in [0.3, 0.4) is 0 Å². The molecule has 0 amide bonds. The van der Waals surface area contributed by atoms with Gasteiger partial charge in [-0.15, -0.1) is 0 Å². The van der Waals surface area contributed by atoms with Crippen LogP contribution in [0, 0.1) is 0 Å². The van der Waals surface area contributed by atoms with E-state index in [1.165, 1.54) is 37.9 Å². The van der Waals surface area contributed by atoms with Gasteiger partial charge in [-0.3, -0.25) is 0 Å². The van der Waals surface area contributed by atoms with Crippen LogP contribution in [0.5, 0.6) is 0 Å². The zero-order valence-corrected chi connectivity index (χ0v) is 14.7. The fourth-order valence-corrected chi connectivity index (χ4v) is 3.12. The van der Waals surface area contributed by atoms with E-state index >= 15 is 0 Å². The highest BCUT2D eigenvalue weighted by atomic mass is 15.1. The van der Waals surface area contributed by atoms with E-state index < -0.39 is 0 Å². The number of nitrogens with one attached hydrogen (secondary N) is 3. The van der Waals surface area contributed by atoms with Crippen LogP contribution in [0.2, 0.25) is 0 Å². The van der Waals surface area contributed by atoms with Gasteiger partial charge in [0.1, 0.15) is 0 Å². The highest BCUT2D eigenvalue weighted by Crippen LogP contribution is 2.15. The van der Waals surface area contributed by atoms with Gasteiger partial charge in [-0.25, -0.2) is 0 Å². The van der Waals surface area contributed by atoms with Crippen LogP contribution < -0.4 is 16.0 Å². The molecule has 0 aliphatic carbocycles. The van der Waals surface area contributed by atoms with Crippen LogP contribution in [0.15, 0.2) is 30.3 Å². The van der Waals surface area contributed by atoms with Gasteiger partial charge in [0.05, 0.1) is 0 Å². The van der Waals surface area contributed by atoms with Crippen molar-refractivity contribution in [3.8, 4) is 0 Å². The Morgan fingerprint density at radius 1 is 0.826 bits per heavy atom. The van der Waals surface area contributed by atoms with E-state index in [0.717, 1.165) is 39.1 Å². The smallest absolute Gasteiger partial charge is 0.0332 e. The molecule has 130 valence electrons. The molecule has 1 aliphatic heterocycles. The van der Waals surface area contributed by atoms with Gasteiger partial charge in [-0.2, -0.15) is 0 Å². The van der Waals surface area contributed by atoms with Crippen LogP contribution in [0.1, 0.15) is 37.3 Å². The molecule has 1 saturated heterocycles. The Balaban J connectivity index is 1.84. The third kappa shape index (κ3) is 7.93. The van der Waals surface area contributed by atoms with E-state index in [4.69, 9.17) is 0 Å². The van der Waals surface area contributed by atoms with Crippen LogP contribution in [0.4, 0.5) is 0 Å². The first-order valence-electron chi connectivity index (χ1n) is 9.24. The minimum absolute atomic E-state index is 0.458. The van der Waals surface area contributed by atoms with Gasteiger partial charge >= 0.3 is 0 Å². The average Bonchev–Trinajstić information content (AvgIpc) is 2.58. The standard InChI is InChI=1S/C19H34N4/c1-23-16-6-13-20-11-5-12-21-15-10-19(22-14-7-17-23)18-8-3-2-4-9-18/h2-4,8-9,19-22H,5-7,10-17H2,1H3. The summed E-state index contributed by atoms with van der Waals surface area (Å²) in [7, 11) is 2.24. The van der Waals surface area contributed by atoms with E-state index in [0.29, 0.717) is 6.04 Å². The van der Waals surface area contributed by atoms with Gasteiger partial charge < -0.3 is 20.9 Å². The number of rotatable bonds is 1. The van der Waals surface area contributed by atoms with Crippen molar-refractivity contribution in [3.05, 3.63) is 35.9 Å². The third-order valence-corrected chi connectivity index (χ3v) is 4.52. The summed E-state index contributed by atoms with van der Waals surface area (Å²) >= 11 is 0. The zero-order chi connectivity index (χ0) is 16.2. The van der Waals surface area contributed by atoms with E-state index in [1.807, 2.05) is 0 Å². The molecule has 1 unspecified atom stereocenters. The minimum atomic E-state index is 0.458. The van der Waals surface area contributed by atoms with Crippen molar-refractivity contribution < 1.29 is 0 Å². The first-order chi connectivity index (χ1) is 11.4. The molecule has 0 spiro atoms. The normalized spacial score (nSPS) is 24.3. The largest absolute Gasteiger partial charge is 0.317 e. The van der Waals surface area contributed by atoms with Crippen LogP contribution in [0.25, 0.3) is 0 Å². The topological polar surface area (TPSA) is 39.3 Å². The molecule has 2 rings (SSSR count). The van der Waals surface area contributed by atoms with Gasteiger partial charge in [0.25, 0.3) is 0 Å². The van der Waals surface area contributed by atoms with E-state index in [9.17, 15) is 0 Å². The van der Waals surface area contributed by atoms with Crippen molar-refractivity contribution in [2.24, 2.45) is 0 Å². The molecule has 1 aromatic rings. The Morgan fingerprint density at radius 2 is 1.48 bits per heavy atom. The van der Waals surface area contributed by atoms with Crippen LogP contribution in [-0.2, 0) is 0 Å². The summed E-state index contributed by atoms with van der Waals surface area (Å²) in [6, 6.07) is 11.3. The number of benzene rings is 1. The molecular weight excluding hydrogens is 284 g/mol. The molecule has 4 heteroatoms. The molecule has 1 aliphatic rings. The molecule has 0 saturated carbocycles. The molecule has 1 heterocycles. The molecule has 0 aromatic heterocycles.